The monoisotopic (exact) mass is 472 g/mol. The molecule has 1 aromatic carbocycles. The van der Waals surface area contributed by atoms with Gasteiger partial charge < -0.3 is 15.5 Å². The van der Waals surface area contributed by atoms with Crippen LogP contribution in [0, 0.1) is 11.3 Å². The van der Waals surface area contributed by atoms with Gasteiger partial charge in [-0.3, -0.25) is 14.8 Å². The molecule has 10 heteroatoms. The van der Waals surface area contributed by atoms with Crippen molar-refractivity contribution in [1.29, 1.82) is 0 Å². The quantitative estimate of drug-likeness (QED) is 0.354. The number of rotatable bonds is 7. The summed E-state index contributed by atoms with van der Waals surface area (Å²) in [4.78, 5) is 39.3. The molecule has 1 aliphatic carbocycles. The summed E-state index contributed by atoms with van der Waals surface area (Å²) in [7, 11) is 0. The molecule has 0 aliphatic heterocycles. The molecule has 0 bridgehead atoms. The molecule has 1 aromatic rings. The van der Waals surface area contributed by atoms with Crippen LogP contribution in [0.2, 0.25) is 10.0 Å². The second-order valence-electron chi connectivity index (χ2n) is 8.90. The van der Waals surface area contributed by atoms with Gasteiger partial charge in [0.05, 0.1) is 15.7 Å². The summed E-state index contributed by atoms with van der Waals surface area (Å²) in [6, 6.07) is 3.30. The zero-order valence-corrected chi connectivity index (χ0v) is 19.5. The van der Waals surface area contributed by atoms with Crippen LogP contribution in [-0.4, -0.2) is 47.1 Å². The van der Waals surface area contributed by atoms with E-state index in [1.807, 2.05) is 20.8 Å². The first-order valence-corrected chi connectivity index (χ1v) is 11.0. The molecular weight excluding hydrogens is 443 g/mol. The van der Waals surface area contributed by atoms with E-state index in [1.165, 1.54) is 4.90 Å². The number of anilines is 1. The third-order valence-electron chi connectivity index (χ3n) is 5.31. The van der Waals surface area contributed by atoms with E-state index in [-0.39, 0.29) is 17.5 Å². The lowest BCUT2D eigenvalue weighted by atomic mass is 9.85. The molecule has 4 amide bonds. The number of carbonyl (C=O) groups excluding carboxylic acids is 3. The molecule has 172 valence electrons. The van der Waals surface area contributed by atoms with Crippen LogP contribution in [0.15, 0.2) is 18.2 Å². The van der Waals surface area contributed by atoms with Gasteiger partial charge in [-0.1, -0.05) is 62.9 Å². The summed E-state index contributed by atoms with van der Waals surface area (Å²) >= 11 is 12.1. The largest absolute Gasteiger partial charge is 0.331 e. The van der Waals surface area contributed by atoms with E-state index in [4.69, 9.17) is 28.4 Å². The fourth-order valence-corrected chi connectivity index (χ4v) is 4.01. The minimum Gasteiger partial charge on any atom is -0.331 e. The SMILES string of the molecule is CC(C)(C)[C@H](NC(=O)Nc1cccc(Cl)c1Cl)C(=O)N(CC(=O)NO)CC1CCCC1. The van der Waals surface area contributed by atoms with Gasteiger partial charge in [-0.05, 0) is 36.3 Å². The first-order valence-electron chi connectivity index (χ1n) is 10.3. The number of benzene rings is 1. The van der Waals surface area contributed by atoms with E-state index in [1.54, 1.807) is 23.7 Å². The minimum atomic E-state index is -0.918. The fourth-order valence-electron chi connectivity index (χ4n) is 3.67. The lowest BCUT2D eigenvalue weighted by molar-refractivity contribution is -0.142. The van der Waals surface area contributed by atoms with Crippen LogP contribution in [0.4, 0.5) is 10.5 Å². The number of hydrogen-bond donors (Lipinski definition) is 4. The molecule has 0 spiro atoms. The lowest BCUT2D eigenvalue weighted by Gasteiger charge is -2.35. The molecule has 1 fully saturated rings. The molecule has 0 radical (unpaired) electrons. The zero-order valence-electron chi connectivity index (χ0n) is 18.0. The molecule has 1 saturated carbocycles. The Hall–Kier alpha value is -2.03. The summed E-state index contributed by atoms with van der Waals surface area (Å²) in [6.07, 6.45) is 4.13. The normalized spacial score (nSPS) is 15.3. The highest BCUT2D eigenvalue weighted by molar-refractivity contribution is 6.43. The lowest BCUT2D eigenvalue weighted by Crippen LogP contribution is -2.57. The number of urea groups is 1. The Morgan fingerprint density at radius 2 is 1.84 bits per heavy atom. The second kappa shape index (κ2) is 11.0. The summed E-state index contributed by atoms with van der Waals surface area (Å²) in [5, 5.41) is 14.8. The van der Waals surface area contributed by atoms with Crippen LogP contribution in [0.3, 0.4) is 0 Å². The molecule has 0 heterocycles. The van der Waals surface area contributed by atoms with Crippen LogP contribution in [0.25, 0.3) is 0 Å². The zero-order chi connectivity index (χ0) is 23.2. The molecule has 2 rings (SSSR count). The van der Waals surface area contributed by atoms with Gasteiger partial charge in [-0.25, -0.2) is 10.3 Å². The number of nitrogens with zero attached hydrogens (tertiary/aromatic N) is 1. The number of nitrogens with one attached hydrogen (secondary N) is 3. The van der Waals surface area contributed by atoms with Gasteiger partial charge >= 0.3 is 6.03 Å². The summed E-state index contributed by atoms with van der Waals surface area (Å²) in [5.41, 5.74) is 1.25. The van der Waals surface area contributed by atoms with Crippen molar-refractivity contribution in [2.24, 2.45) is 11.3 Å². The average molecular weight is 473 g/mol. The van der Waals surface area contributed by atoms with Gasteiger partial charge in [0.15, 0.2) is 0 Å². The van der Waals surface area contributed by atoms with Gasteiger partial charge in [0.2, 0.25) is 5.91 Å². The summed E-state index contributed by atoms with van der Waals surface area (Å²) in [5.74, 6) is -0.792. The molecule has 1 atom stereocenters. The molecule has 0 saturated heterocycles. The first-order chi connectivity index (χ1) is 14.5. The fraction of sp³-hybridized carbons (Fsp3) is 0.571. The third-order valence-corrected chi connectivity index (χ3v) is 6.13. The number of hydrogen-bond acceptors (Lipinski definition) is 4. The molecule has 1 aliphatic rings. The van der Waals surface area contributed by atoms with Crippen molar-refractivity contribution in [3.05, 3.63) is 28.2 Å². The van der Waals surface area contributed by atoms with Crippen molar-refractivity contribution in [2.45, 2.75) is 52.5 Å². The smallest absolute Gasteiger partial charge is 0.319 e. The van der Waals surface area contributed by atoms with Crippen LogP contribution in [0.1, 0.15) is 46.5 Å². The molecule has 31 heavy (non-hydrogen) atoms. The van der Waals surface area contributed by atoms with E-state index < -0.39 is 29.3 Å². The van der Waals surface area contributed by atoms with Gasteiger partial charge in [0, 0.05) is 6.54 Å². The predicted octanol–water partition coefficient (Wildman–Crippen LogP) is 4.05. The van der Waals surface area contributed by atoms with Crippen molar-refractivity contribution in [1.82, 2.24) is 15.7 Å². The van der Waals surface area contributed by atoms with Crippen LogP contribution in [0.5, 0.6) is 0 Å². The molecule has 0 aromatic heterocycles. The Morgan fingerprint density at radius 1 is 1.19 bits per heavy atom. The highest BCUT2D eigenvalue weighted by Crippen LogP contribution is 2.30. The number of hydroxylamine groups is 1. The molecule has 8 nitrogen and oxygen atoms in total. The van der Waals surface area contributed by atoms with Gasteiger partial charge in [0.1, 0.15) is 12.6 Å². The predicted molar refractivity (Wildman–Crippen MR) is 120 cm³/mol. The van der Waals surface area contributed by atoms with Crippen LogP contribution < -0.4 is 16.1 Å². The molecular formula is C21H30Cl2N4O4. The Labute approximate surface area is 192 Å². The van der Waals surface area contributed by atoms with Gasteiger partial charge in [-0.2, -0.15) is 0 Å². The second-order valence-corrected chi connectivity index (χ2v) is 9.69. The maximum absolute atomic E-state index is 13.4. The van der Waals surface area contributed by atoms with Crippen LogP contribution >= 0.6 is 23.2 Å². The topological polar surface area (TPSA) is 111 Å². The van der Waals surface area contributed by atoms with E-state index in [2.05, 4.69) is 10.6 Å². The van der Waals surface area contributed by atoms with Crippen molar-refractivity contribution >= 4 is 46.7 Å². The van der Waals surface area contributed by atoms with E-state index in [0.717, 1.165) is 25.7 Å². The van der Waals surface area contributed by atoms with Crippen molar-refractivity contribution < 1.29 is 19.6 Å². The third kappa shape index (κ3) is 7.26. The number of amides is 4. The highest BCUT2D eigenvalue weighted by atomic mass is 35.5. The Balaban J connectivity index is 2.18. The van der Waals surface area contributed by atoms with Gasteiger partial charge in [0.25, 0.3) is 5.91 Å². The maximum atomic E-state index is 13.4. The Morgan fingerprint density at radius 3 is 2.42 bits per heavy atom. The standard InChI is InChI=1S/C21H30Cl2N4O4/c1-21(2,3)18(25-20(30)24-15-10-6-9-14(22)17(15)23)19(29)27(12-16(28)26-31)11-13-7-4-5-8-13/h6,9-10,13,18,31H,4-5,7-8,11-12H2,1-3H3,(H,26,28)(H2,24,25,30)/t18-/m1/s1. The van der Waals surface area contributed by atoms with Crippen molar-refractivity contribution in [3.63, 3.8) is 0 Å². The average Bonchev–Trinajstić information content (AvgIpc) is 3.21. The van der Waals surface area contributed by atoms with Gasteiger partial charge in [-0.15, -0.1) is 0 Å². The van der Waals surface area contributed by atoms with Crippen molar-refractivity contribution in [3.8, 4) is 0 Å². The Kier molecular flexibility index (Phi) is 8.97. The highest BCUT2D eigenvalue weighted by Gasteiger charge is 2.37. The van der Waals surface area contributed by atoms with E-state index >= 15 is 0 Å². The minimum absolute atomic E-state index is 0.195. The number of carbonyl (C=O) groups is 3. The number of halogens is 2. The molecule has 0 unspecified atom stereocenters. The molecule has 4 N–H and O–H groups in total. The maximum Gasteiger partial charge on any atom is 0.319 e. The summed E-state index contributed by atoms with van der Waals surface area (Å²) in [6.45, 7) is 5.57. The van der Waals surface area contributed by atoms with E-state index in [0.29, 0.717) is 17.3 Å². The van der Waals surface area contributed by atoms with Crippen molar-refractivity contribution in [2.75, 3.05) is 18.4 Å². The first kappa shape index (κ1) is 25.2. The van der Waals surface area contributed by atoms with Crippen LogP contribution in [-0.2, 0) is 9.59 Å². The Bertz CT molecular complexity index is 807. The summed E-state index contributed by atoms with van der Waals surface area (Å²) < 4.78 is 0. The van der Waals surface area contributed by atoms with E-state index in [9.17, 15) is 14.4 Å².